The lowest BCUT2D eigenvalue weighted by atomic mass is 9.91. The van der Waals surface area contributed by atoms with Gasteiger partial charge in [0.25, 0.3) is 0 Å². The number of amides is 1. The topological polar surface area (TPSA) is 68.5 Å². The standard InChI is InChI=1S/C19H30BrN3O2/c1-18(2,3)25-17(24)23-12-13(10-19(23,4)5)6-8-15(21)16-9-7-14(20)11-22-16/h7,9,11,13,15H,6,8,10,12,21H2,1-5H3/t13-,15?/m0/s1. The number of aromatic nitrogens is 1. The number of likely N-dealkylation sites (tertiary alicyclic amines) is 1. The third-order valence-corrected chi connectivity index (χ3v) is 5.06. The molecule has 0 aromatic carbocycles. The highest BCUT2D eigenvalue weighted by Crippen LogP contribution is 2.37. The van der Waals surface area contributed by atoms with Gasteiger partial charge >= 0.3 is 6.09 Å². The second-order valence-electron chi connectivity index (χ2n) is 8.56. The summed E-state index contributed by atoms with van der Waals surface area (Å²) in [5, 5.41) is 0. The Bertz CT molecular complexity index is 596. The second kappa shape index (κ2) is 7.62. The molecule has 1 unspecified atom stereocenters. The number of rotatable bonds is 4. The summed E-state index contributed by atoms with van der Waals surface area (Å²) in [5.74, 6) is 0.434. The highest BCUT2D eigenvalue weighted by Gasteiger charge is 2.42. The van der Waals surface area contributed by atoms with Gasteiger partial charge in [-0.25, -0.2) is 4.79 Å². The number of hydrogen-bond acceptors (Lipinski definition) is 4. The first kappa shape index (κ1) is 20.2. The van der Waals surface area contributed by atoms with Crippen LogP contribution in [0.4, 0.5) is 4.79 Å². The van der Waals surface area contributed by atoms with Crippen LogP contribution in [0.2, 0.25) is 0 Å². The Balaban J connectivity index is 1.91. The molecule has 6 heteroatoms. The second-order valence-corrected chi connectivity index (χ2v) is 9.47. The first-order valence-electron chi connectivity index (χ1n) is 8.85. The number of halogens is 1. The van der Waals surface area contributed by atoms with Crippen LogP contribution in [0.25, 0.3) is 0 Å². The maximum Gasteiger partial charge on any atom is 0.410 e. The Morgan fingerprint density at radius 3 is 2.72 bits per heavy atom. The maximum absolute atomic E-state index is 12.5. The van der Waals surface area contributed by atoms with E-state index in [1.807, 2.05) is 37.8 Å². The minimum absolute atomic E-state index is 0.0770. The summed E-state index contributed by atoms with van der Waals surface area (Å²) >= 11 is 3.39. The van der Waals surface area contributed by atoms with Gasteiger partial charge in [-0.2, -0.15) is 0 Å². The quantitative estimate of drug-likeness (QED) is 0.781. The van der Waals surface area contributed by atoms with Crippen LogP contribution in [0.1, 0.15) is 65.6 Å². The predicted molar refractivity (Wildman–Crippen MR) is 103 cm³/mol. The van der Waals surface area contributed by atoms with E-state index < -0.39 is 5.60 Å². The number of nitrogens with zero attached hydrogens (tertiary/aromatic N) is 2. The Labute approximate surface area is 159 Å². The number of carbonyl (C=O) groups is 1. The zero-order valence-corrected chi connectivity index (χ0v) is 17.5. The fourth-order valence-electron chi connectivity index (χ4n) is 3.39. The van der Waals surface area contributed by atoms with Crippen molar-refractivity contribution in [3.8, 4) is 0 Å². The SMILES string of the molecule is CC(C)(C)OC(=O)N1C[C@@H](CCC(N)c2ccc(Br)cn2)CC1(C)C. The Morgan fingerprint density at radius 2 is 2.16 bits per heavy atom. The fraction of sp³-hybridized carbons (Fsp3) is 0.684. The molecule has 0 spiro atoms. The molecule has 0 saturated carbocycles. The number of nitrogens with two attached hydrogens (primary N) is 1. The molecule has 1 aromatic heterocycles. The van der Waals surface area contributed by atoms with Gasteiger partial charge in [0.15, 0.2) is 0 Å². The van der Waals surface area contributed by atoms with E-state index in [-0.39, 0.29) is 17.7 Å². The van der Waals surface area contributed by atoms with Crippen molar-refractivity contribution in [2.75, 3.05) is 6.54 Å². The van der Waals surface area contributed by atoms with Gasteiger partial charge in [-0.3, -0.25) is 4.98 Å². The highest BCUT2D eigenvalue weighted by molar-refractivity contribution is 9.10. The molecule has 0 bridgehead atoms. The van der Waals surface area contributed by atoms with Crippen LogP contribution in [0.15, 0.2) is 22.8 Å². The van der Waals surface area contributed by atoms with E-state index in [1.54, 1.807) is 6.20 Å². The summed E-state index contributed by atoms with van der Waals surface area (Å²) in [6.45, 7) is 10.6. The van der Waals surface area contributed by atoms with Crippen molar-refractivity contribution in [3.63, 3.8) is 0 Å². The fourth-order valence-corrected chi connectivity index (χ4v) is 3.62. The van der Waals surface area contributed by atoms with Gasteiger partial charge in [0.2, 0.25) is 0 Å². The molecule has 2 N–H and O–H groups in total. The zero-order valence-electron chi connectivity index (χ0n) is 15.9. The van der Waals surface area contributed by atoms with Gasteiger partial charge in [-0.1, -0.05) is 0 Å². The summed E-state index contributed by atoms with van der Waals surface area (Å²) in [6, 6.07) is 3.85. The summed E-state index contributed by atoms with van der Waals surface area (Å²) in [6.07, 6.45) is 4.35. The van der Waals surface area contributed by atoms with Crippen LogP contribution in [-0.4, -0.2) is 33.7 Å². The largest absolute Gasteiger partial charge is 0.444 e. The van der Waals surface area contributed by atoms with E-state index in [4.69, 9.17) is 10.5 Å². The average Bonchev–Trinajstić information content (AvgIpc) is 2.78. The molecular weight excluding hydrogens is 382 g/mol. The smallest absolute Gasteiger partial charge is 0.410 e. The molecule has 1 amide bonds. The van der Waals surface area contributed by atoms with Crippen molar-refractivity contribution in [2.24, 2.45) is 11.7 Å². The Morgan fingerprint density at radius 1 is 1.48 bits per heavy atom. The zero-order chi connectivity index (χ0) is 18.8. The molecule has 5 nitrogen and oxygen atoms in total. The summed E-state index contributed by atoms with van der Waals surface area (Å²) < 4.78 is 6.51. The molecule has 1 saturated heterocycles. The Kier molecular flexibility index (Phi) is 6.15. The molecule has 2 rings (SSSR count). The molecular formula is C19H30BrN3O2. The van der Waals surface area contributed by atoms with E-state index in [2.05, 4.69) is 34.8 Å². The van der Waals surface area contributed by atoms with E-state index in [0.717, 1.165) is 36.0 Å². The molecule has 1 fully saturated rings. The van der Waals surface area contributed by atoms with E-state index in [1.165, 1.54) is 0 Å². The van der Waals surface area contributed by atoms with E-state index >= 15 is 0 Å². The highest BCUT2D eigenvalue weighted by atomic mass is 79.9. The van der Waals surface area contributed by atoms with Crippen LogP contribution in [0, 0.1) is 5.92 Å². The average molecular weight is 412 g/mol. The minimum atomic E-state index is -0.471. The molecule has 1 aliphatic rings. The van der Waals surface area contributed by atoms with Gasteiger partial charge in [0.1, 0.15) is 5.60 Å². The van der Waals surface area contributed by atoms with Crippen molar-refractivity contribution in [1.29, 1.82) is 0 Å². The van der Waals surface area contributed by atoms with Gasteiger partial charge in [-0.05, 0) is 87.9 Å². The number of ether oxygens (including phenoxy) is 1. The van der Waals surface area contributed by atoms with Crippen LogP contribution in [-0.2, 0) is 4.74 Å². The van der Waals surface area contributed by atoms with Gasteiger partial charge in [0, 0.05) is 28.8 Å². The minimum Gasteiger partial charge on any atom is -0.444 e. The van der Waals surface area contributed by atoms with Crippen LogP contribution in [0.5, 0.6) is 0 Å². The summed E-state index contributed by atoms with van der Waals surface area (Å²) in [5.41, 5.74) is 6.53. The first-order chi connectivity index (χ1) is 11.5. The molecule has 1 aromatic rings. The maximum atomic E-state index is 12.5. The van der Waals surface area contributed by atoms with E-state index in [0.29, 0.717) is 5.92 Å². The van der Waals surface area contributed by atoms with E-state index in [9.17, 15) is 4.79 Å². The van der Waals surface area contributed by atoms with Gasteiger partial charge in [0.05, 0.1) is 5.69 Å². The predicted octanol–water partition coefficient (Wildman–Crippen LogP) is 4.66. The van der Waals surface area contributed by atoms with Crippen molar-refractivity contribution in [3.05, 3.63) is 28.5 Å². The normalized spacial score (nSPS) is 21.2. The van der Waals surface area contributed by atoms with Crippen molar-refractivity contribution >= 4 is 22.0 Å². The lowest BCUT2D eigenvalue weighted by molar-refractivity contribution is 0.0131. The van der Waals surface area contributed by atoms with Gasteiger partial charge < -0.3 is 15.4 Å². The first-order valence-corrected chi connectivity index (χ1v) is 9.65. The van der Waals surface area contributed by atoms with Gasteiger partial charge in [-0.15, -0.1) is 0 Å². The molecule has 1 aliphatic heterocycles. The van der Waals surface area contributed by atoms with Crippen LogP contribution < -0.4 is 5.73 Å². The number of pyridine rings is 1. The monoisotopic (exact) mass is 411 g/mol. The molecule has 2 atom stereocenters. The van der Waals surface area contributed by atoms with Crippen molar-refractivity contribution in [2.45, 2.75) is 71.1 Å². The lowest BCUT2D eigenvalue weighted by Gasteiger charge is -2.33. The van der Waals surface area contributed by atoms with Crippen LogP contribution in [0.3, 0.4) is 0 Å². The molecule has 0 aliphatic carbocycles. The number of hydrogen-bond donors (Lipinski definition) is 1. The summed E-state index contributed by atoms with van der Waals surface area (Å²) in [7, 11) is 0. The lowest BCUT2D eigenvalue weighted by Crippen LogP contribution is -2.45. The summed E-state index contributed by atoms with van der Waals surface area (Å²) in [4.78, 5) is 18.7. The third-order valence-electron chi connectivity index (χ3n) is 4.59. The molecule has 25 heavy (non-hydrogen) atoms. The van der Waals surface area contributed by atoms with Crippen molar-refractivity contribution in [1.82, 2.24) is 9.88 Å². The third kappa shape index (κ3) is 5.68. The molecule has 140 valence electrons. The van der Waals surface area contributed by atoms with Crippen LogP contribution >= 0.6 is 15.9 Å². The molecule has 2 heterocycles. The van der Waals surface area contributed by atoms with Crippen molar-refractivity contribution < 1.29 is 9.53 Å². The Hall–Kier alpha value is -1.14. The number of carbonyl (C=O) groups excluding carboxylic acids is 1. The molecule has 0 radical (unpaired) electrons.